The molecule has 1 heterocycles. The van der Waals surface area contributed by atoms with Crippen LogP contribution in [0.1, 0.15) is 13.3 Å². The molecule has 0 aromatic heterocycles. The van der Waals surface area contributed by atoms with Gasteiger partial charge in [-0.15, -0.1) is 0 Å². The molecule has 0 spiro atoms. The molecule has 0 bridgehead atoms. The molecule has 0 amide bonds. The Balaban J connectivity index is 2.06. The average Bonchev–Trinajstić information content (AvgIpc) is 2.17. The van der Waals surface area contributed by atoms with E-state index >= 15 is 0 Å². The zero-order chi connectivity index (χ0) is 9.97. The van der Waals surface area contributed by atoms with Crippen molar-refractivity contribution in [2.24, 2.45) is 5.73 Å². The molecule has 2 rings (SSSR count). The Kier molecular flexibility index (Phi) is 2.59. The van der Waals surface area contributed by atoms with E-state index in [2.05, 4.69) is 0 Å². The summed E-state index contributed by atoms with van der Waals surface area (Å²) < 4.78 is 11.3. The summed E-state index contributed by atoms with van der Waals surface area (Å²) in [5.74, 6) is 1.65. The molecule has 1 aromatic rings. The molecule has 0 saturated carbocycles. The van der Waals surface area contributed by atoms with E-state index in [0.29, 0.717) is 6.61 Å². The molecule has 1 aromatic carbocycles. The van der Waals surface area contributed by atoms with Crippen LogP contribution < -0.4 is 15.2 Å². The number of para-hydroxylation sites is 2. The maximum Gasteiger partial charge on any atom is 0.161 e. The summed E-state index contributed by atoms with van der Waals surface area (Å²) in [5, 5.41) is 0. The van der Waals surface area contributed by atoms with Crippen LogP contribution in [0.5, 0.6) is 11.5 Å². The van der Waals surface area contributed by atoms with Crippen LogP contribution in [-0.4, -0.2) is 18.8 Å². The van der Waals surface area contributed by atoms with Crippen molar-refractivity contribution in [3.63, 3.8) is 0 Å². The van der Waals surface area contributed by atoms with Gasteiger partial charge in [0.2, 0.25) is 0 Å². The Hall–Kier alpha value is -1.22. The molecule has 3 nitrogen and oxygen atoms in total. The van der Waals surface area contributed by atoms with Crippen molar-refractivity contribution < 1.29 is 9.47 Å². The number of ether oxygens (including phenoxy) is 2. The topological polar surface area (TPSA) is 44.5 Å². The maximum atomic E-state index is 5.74. The minimum atomic E-state index is 0.0879. The van der Waals surface area contributed by atoms with Crippen molar-refractivity contribution in [3.05, 3.63) is 24.3 Å². The molecule has 0 aliphatic carbocycles. The van der Waals surface area contributed by atoms with Crippen LogP contribution in [0, 0.1) is 0 Å². The standard InChI is InChI=1S/C11H15NO2/c1-8(12)6-9-7-13-10-4-2-3-5-11(10)14-9/h2-5,8-9H,6-7,12H2,1H3/t8-,9?/m0/s1. The highest BCUT2D eigenvalue weighted by atomic mass is 16.6. The first-order chi connectivity index (χ1) is 6.75. The lowest BCUT2D eigenvalue weighted by molar-refractivity contribution is 0.0810. The number of fused-ring (bicyclic) bond motifs is 1. The predicted octanol–water partition coefficient (Wildman–Crippen LogP) is 1.56. The van der Waals surface area contributed by atoms with Gasteiger partial charge in [-0.1, -0.05) is 12.1 Å². The van der Waals surface area contributed by atoms with Crippen molar-refractivity contribution in [3.8, 4) is 11.5 Å². The van der Waals surface area contributed by atoms with E-state index in [1.165, 1.54) is 0 Å². The summed E-state index contributed by atoms with van der Waals surface area (Å²) in [6.45, 7) is 2.57. The molecule has 1 aliphatic heterocycles. The van der Waals surface area contributed by atoms with Crippen molar-refractivity contribution in [2.75, 3.05) is 6.61 Å². The third-order valence-corrected chi connectivity index (χ3v) is 2.20. The van der Waals surface area contributed by atoms with E-state index in [0.717, 1.165) is 17.9 Å². The van der Waals surface area contributed by atoms with Gasteiger partial charge in [0.05, 0.1) is 0 Å². The molecule has 2 N–H and O–H groups in total. The third kappa shape index (κ3) is 1.99. The number of nitrogens with two attached hydrogens (primary N) is 1. The molecule has 3 heteroatoms. The van der Waals surface area contributed by atoms with Gasteiger partial charge in [0.25, 0.3) is 0 Å². The first-order valence-electron chi connectivity index (χ1n) is 4.90. The Morgan fingerprint density at radius 1 is 1.43 bits per heavy atom. The highest BCUT2D eigenvalue weighted by molar-refractivity contribution is 5.40. The second-order valence-corrected chi connectivity index (χ2v) is 3.71. The van der Waals surface area contributed by atoms with Gasteiger partial charge in [-0.3, -0.25) is 0 Å². The monoisotopic (exact) mass is 193 g/mol. The van der Waals surface area contributed by atoms with E-state index in [1.54, 1.807) is 0 Å². The van der Waals surface area contributed by atoms with Crippen LogP contribution in [0.2, 0.25) is 0 Å². The first kappa shape index (κ1) is 9.34. The van der Waals surface area contributed by atoms with Crippen LogP contribution in [0.25, 0.3) is 0 Å². The van der Waals surface area contributed by atoms with Crippen LogP contribution in [0.3, 0.4) is 0 Å². The van der Waals surface area contributed by atoms with Gasteiger partial charge in [-0.05, 0) is 19.1 Å². The largest absolute Gasteiger partial charge is 0.486 e. The number of hydrogen-bond acceptors (Lipinski definition) is 3. The summed E-state index contributed by atoms with van der Waals surface area (Å²) in [6.07, 6.45) is 0.916. The molecular formula is C11H15NO2. The van der Waals surface area contributed by atoms with Crippen molar-refractivity contribution >= 4 is 0 Å². The van der Waals surface area contributed by atoms with Crippen molar-refractivity contribution in [2.45, 2.75) is 25.5 Å². The van der Waals surface area contributed by atoms with E-state index in [9.17, 15) is 0 Å². The molecule has 76 valence electrons. The molecular weight excluding hydrogens is 178 g/mol. The Labute approximate surface area is 83.8 Å². The van der Waals surface area contributed by atoms with Gasteiger partial charge in [0.1, 0.15) is 12.7 Å². The highest BCUT2D eigenvalue weighted by Crippen LogP contribution is 2.31. The minimum Gasteiger partial charge on any atom is -0.486 e. The highest BCUT2D eigenvalue weighted by Gasteiger charge is 2.21. The van der Waals surface area contributed by atoms with Gasteiger partial charge in [-0.25, -0.2) is 0 Å². The SMILES string of the molecule is C[C@H](N)CC1COc2ccccc2O1. The Morgan fingerprint density at radius 3 is 2.86 bits per heavy atom. The molecule has 2 atom stereocenters. The molecule has 1 aliphatic rings. The van der Waals surface area contributed by atoms with Crippen molar-refractivity contribution in [1.29, 1.82) is 0 Å². The predicted molar refractivity (Wildman–Crippen MR) is 54.6 cm³/mol. The van der Waals surface area contributed by atoms with Crippen LogP contribution in [0.4, 0.5) is 0 Å². The number of benzene rings is 1. The van der Waals surface area contributed by atoms with Gasteiger partial charge in [-0.2, -0.15) is 0 Å². The van der Waals surface area contributed by atoms with E-state index in [1.807, 2.05) is 31.2 Å². The van der Waals surface area contributed by atoms with Crippen LogP contribution in [-0.2, 0) is 0 Å². The Bertz CT molecular complexity index is 312. The second kappa shape index (κ2) is 3.88. The summed E-state index contributed by atoms with van der Waals surface area (Å²) in [6, 6.07) is 7.86. The zero-order valence-electron chi connectivity index (χ0n) is 8.27. The second-order valence-electron chi connectivity index (χ2n) is 3.71. The lowest BCUT2D eigenvalue weighted by atomic mass is 10.1. The van der Waals surface area contributed by atoms with Crippen molar-refractivity contribution in [1.82, 2.24) is 0 Å². The fourth-order valence-electron chi connectivity index (χ4n) is 1.59. The number of hydrogen-bond donors (Lipinski definition) is 1. The third-order valence-electron chi connectivity index (χ3n) is 2.20. The molecule has 0 radical (unpaired) electrons. The maximum absolute atomic E-state index is 5.74. The lowest BCUT2D eigenvalue weighted by Gasteiger charge is -2.27. The van der Waals surface area contributed by atoms with Gasteiger partial charge in [0.15, 0.2) is 11.5 Å². The first-order valence-corrected chi connectivity index (χ1v) is 4.90. The van der Waals surface area contributed by atoms with Gasteiger partial charge in [0, 0.05) is 12.5 Å². The average molecular weight is 193 g/mol. The summed E-state index contributed by atoms with van der Waals surface area (Å²) >= 11 is 0. The van der Waals surface area contributed by atoms with Gasteiger partial charge < -0.3 is 15.2 Å². The summed E-state index contributed by atoms with van der Waals surface area (Å²) in [5.41, 5.74) is 5.71. The summed E-state index contributed by atoms with van der Waals surface area (Å²) in [7, 11) is 0. The molecule has 1 unspecified atom stereocenters. The minimum absolute atomic E-state index is 0.0879. The molecule has 0 fully saturated rings. The Morgan fingerprint density at radius 2 is 2.14 bits per heavy atom. The molecule has 14 heavy (non-hydrogen) atoms. The summed E-state index contributed by atoms with van der Waals surface area (Å²) in [4.78, 5) is 0. The molecule has 0 saturated heterocycles. The van der Waals surface area contributed by atoms with E-state index in [-0.39, 0.29) is 12.1 Å². The normalized spacial score (nSPS) is 21.7. The smallest absolute Gasteiger partial charge is 0.161 e. The zero-order valence-corrected chi connectivity index (χ0v) is 8.27. The quantitative estimate of drug-likeness (QED) is 0.775. The van der Waals surface area contributed by atoms with E-state index in [4.69, 9.17) is 15.2 Å². The van der Waals surface area contributed by atoms with Crippen LogP contribution >= 0.6 is 0 Å². The number of rotatable bonds is 2. The lowest BCUT2D eigenvalue weighted by Crippen LogP contribution is -2.34. The fourth-order valence-corrected chi connectivity index (χ4v) is 1.59. The van der Waals surface area contributed by atoms with Gasteiger partial charge >= 0.3 is 0 Å². The van der Waals surface area contributed by atoms with E-state index < -0.39 is 0 Å². The fraction of sp³-hybridized carbons (Fsp3) is 0.455. The van der Waals surface area contributed by atoms with Crippen LogP contribution in [0.15, 0.2) is 24.3 Å².